The number of benzene rings is 9. The minimum absolute atomic E-state index is 0.245. The third-order valence-corrected chi connectivity index (χ3v) is 14.8. The number of nitrogens with one attached hydrogen (secondary N) is 2. The Morgan fingerprint density at radius 3 is 1.29 bits per heavy atom. The molecule has 2 aliphatic heterocycles. The highest BCUT2D eigenvalue weighted by Crippen LogP contribution is 2.42. The molecule has 3 atom stereocenters. The quantitative estimate of drug-likeness (QED) is 0.134. The second-order valence-electron chi connectivity index (χ2n) is 19.4. The van der Waals surface area contributed by atoms with Crippen molar-refractivity contribution in [2.45, 2.75) is 24.9 Å². The first-order chi connectivity index (χ1) is 34.0. The lowest BCUT2D eigenvalue weighted by molar-refractivity contribution is -0.927. The van der Waals surface area contributed by atoms with Gasteiger partial charge in [0.15, 0.2) is 0 Å². The predicted octanol–water partition coefficient (Wildman–Crippen LogP) is 15.1. The number of quaternary nitrogens is 1. The molecule has 69 heavy (non-hydrogen) atoms. The highest BCUT2D eigenvalue weighted by molar-refractivity contribution is 6.11. The van der Waals surface area contributed by atoms with Crippen LogP contribution in [-0.2, 0) is 0 Å². The van der Waals surface area contributed by atoms with Gasteiger partial charge in [-0.2, -0.15) is 0 Å². The molecular formula is C63H57N6+. The monoisotopic (exact) mass is 897 g/mol. The van der Waals surface area contributed by atoms with Gasteiger partial charge in [-0.15, -0.1) is 0 Å². The highest BCUT2D eigenvalue weighted by Gasteiger charge is 2.47. The number of hydrazine groups is 1. The molecule has 0 radical (unpaired) electrons. The van der Waals surface area contributed by atoms with Crippen LogP contribution in [0.25, 0.3) is 49.7 Å². The fraction of sp³-hybridized carbons (Fsp3) is 0.143. The number of hydrogen-bond donors (Lipinski definition) is 2. The number of aromatic nitrogens is 1. The number of hydrogen-bond acceptors (Lipinski definition) is 4. The van der Waals surface area contributed by atoms with Gasteiger partial charge in [-0.05, 0) is 150 Å². The van der Waals surface area contributed by atoms with Crippen molar-refractivity contribution >= 4 is 55.9 Å². The van der Waals surface area contributed by atoms with E-state index in [2.05, 4.69) is 270 Å². The second kappa shape index (κ2) is 18.1. The summed E-state index contributed by atoms with van der Waals surface area (Å²) >= 11 is 0. The third-order valence-electron chi connectivity index (χ3n) is 14.8. The largest absolute Gasteiger partial charge is 0.324 e. The number of anilines is 6. The maximum absolute atomic E-state index is 3.72. The molecule has 2 fully saturated rings. The van der Waals surface area contributed by atoms with Gasteiger partial charge in [0.1, 0.15) is 6.04 Å². The van der Waals surface area contributed by atoms with Crippen molar-refractivity contribution in [2.24, 2.45) is 5.92 Å². The smallest absolute Gasteiger partial charge is 0.114 e. The van der Waals surface area contributed by atoms with E-state index in [1.165, 1.54) is 69.0 Å². The Hall–Kier alpha value is -7.74. The van der Waals surface area contributed by atoms with Gasteiger partial charge in [-0.1, -0.05) is 121 Å². The molecule has 0 spiro atoms. The Morgan fingerprint density at radius 2 is 0.855 bits per heavy atom. The second-order valence-corrected chi connectivity index (χ2v) is 19.4. The van der Waals surface area contributed by atoms with Crippen LogP contribution in [-0.4, -0.2) is 42.3 Å². The molecule has 9 aromatic carbocycles. The molecule has 0 saturated carbocycles. The number of likely N-dealkylation sites (tertiary alicyclic amines) is 1. The number of nitrogens with zero attached hydrogens (tertiary/aromatic N) is 4. The minimum Gasteiger partial charge on any atom is -0.324 e. The van der Waals surface area contributed by atoms with Crippen LogP contribution in [0.3, 0.4) is 0 Å². The number of piperidine rings is 1. The molecule has 1 aromatic heterocycles. The molecule has 0 amide bonds. The van der Waals surface area contributed by atoms with Gasteiger partial charge in [0.25, 0.3) is 0 Å². The molecule has 3 unspecified atom stereocenters. The van der Waals surface area contributed by atoms with Gasteiger partial charge >= 0.3 is 0 Å². The zero-order valence-electron chi connectivity index (χ0n) is 39.3. The Bertz CT molecular complexity index is 3090. The number of likely N-dealkylation sites (N-methyl/N-ethyl adjacent to an activating group) is 1. The molecule has 6 heteroatoms. The van der Waals surface area contributed by atoms with E-state index in [-0.39, 0.29) is 6.04 Å². The molecule has 6 nitrogen and oxygen atoms in total. The van der Waals surface area contributed by atoms with Crippen LogP contribution >= 0.6 is 0 Å². The molecule has 2 N–H and O–H groups in total. The van der Waals surface area contributed by atoms with E-state index >= 15 is 0 Å². The Balaban J connectivity index is 0.943. The summed E-state index contributed by atoms with van der Waals surface area (Å²) in [6.07, 6.45) is 2.58. The van der Waals surface area contributed by atoms with E-state index in [4.69, 9.17) is 0 Å². The van der Waals surface area contributed by atoms with Crippen LogP contribution in [0.1, 0.15) is 24.4 Å². The lowest BCUT2D eigenvalue weighted by atomic mass is 9.80. The highest BCUT2D eigenvalue weighted by atomic mass is 15.4. The molecule has 2 saturated heterocycles. The number of para-hydroxylation sites is 4. The SMILES string of the molecule is C[N+]1(C)CCCC2CNNC(c3ccc(-n4c5ccc(-c6ccc(N(c7ccccc7)c7ccccc7)cc6)cc5c5cc(-c6ccc(N(c7ccccc7)c7ccccc7)cc6)ccc54)cc3)C21. The standard InChI is InChI=1S/C63H57N6/c1-69(2)41-15-16-50-44-64-65-62(63(50)69)47-29-37-57(38-30-47)68-60-39-31-48(45-25-33-55(34-26-45)66(51-17-7-3-8-18-51)52-19-9-4-10-20-52)42-58(60)59-43-49(32-40-61(59)68)46-27-35-56(36-28-46)67(53-21-11-5-12-22-53)54-23-13-6-14-24-54/h3-14,17-40,42-43,50,62-65H,15-16,41,44H2,1-2H3/q+1. The van der Waals surface area contributed by atoms with E-state index in [0.717, 1.165) is 50.8 Å². The van der Waals surface area contributed by atoms with Gasteiger partial charge < -0.3 is 18.8 Å². The lowest BCUT2D eigenvalue weighted by Crippen LogP contribution is -2.67. The van der Waals surface area contributed by atoms with Gasteiger partial charge in [0, 0.05) is 63.0 Å². The van der Waals surface area contributed by atoms with Crippen LogP contribution in [0.5, 0.6) is 0 Å². The molecule has 10 aromatic rings. The lowest BCUT2D eigenvalue weighted by Gasteiger charge is -2.52. The van der Waals surface area contributed by atoms with Gasteiger partial charge in [-0.25, -0.2) is 5.43 Å². The molecule has 3 heterocycles. The average molecular weight is 898 g/mol. The van der Waals surface area contributed by atoms with Gasteiger partial charge in [0.2, 0.25) is 0 Å². The first-order valence-corrected chi connectivity index (χ1v) is 24.5. The Morgan fingerprint density at radius 1 is 0.449 bits per heavy atom. The van der Waals surface area contributed by atoms with Crippen LogP contribution in [0.15, 0.2) is 231 Å². The summed E-state index contributed by atoms with van der Waals surface area (Å²) in [5.74, 6) is 0.658. The Labute approximate surface area is 405 Å². The van der Waals surface area contributed by atoms with Crippen molar-refractivity contribution in [3.05, 3.63) is 236 Å². The van der Waals surface area contributed by atoms with E-state index < -0.39 is 0 Å². The fourth-order valence-electron chi connectivity index (χ4n) is 11.5. The third kappa shape index (κ3) is 8.06. The van der Waals surface area contributed by atoms with Gasteiger partial charge in [0.05, 0.1) is 37.7 Å². The summed E-state index contributed by atoms with van der Waals surface area (Å²) in [7, 11) is 4.84. The van der Waals surface area contributed by atoms with Crippen molar-refractivity contribution in [3.8, 4) is 27.9 Å². The zero-order chi connectivity index (χ0) is 46.3. The summed E-state index contributed by atoms with van der Waals surface area (Å²) < 4.78 is 3.50. The first-order valence-electron chi connectivity index (χ1n) is 24.5. The summed E-state index contributed by atoms with van der Waals surface area (Å²) in [6.45, 7) is 2.25. The average Bonchev–Trinajstić information content (AvgIpc) is 3.73. The number of rotatable bonds is 10. The van der Waals surface area contributed by atoms with Crippen molar-refractivity contribution in [1.29, 1.82) is 0 Å². The van der Waals surface area contributed by atoms with E-state index in [9.17, 15) is 0 Å². The molecule has 338 valence electrons. The maximum atomic E-state index is 3.72. The van der Waals surface area contributed by atoms with Crippen molar-refractivity contribution < 1.29 is 4.48 Å². The predicted molar refractivity (Wildman–Crippen MR) is 288 cm³/mol. The summed E-state index contributed by atoms with van der Waals surface area (Å²) in [6, 6.07) is 84.6. The summed E-state index contributed by atoms with van der Waals surface area (Å²) in [5.41, 5.74) is 23.6. The van der Waals surface area contributed by atoms with Crippen molar-refractivity contribution in [1.82, 2.24) is 15.4 Å². The van der Waals surface area contributed by atoms with E-state index in [0.29, 0.717) is 12.0 Å². The fourth-order valence-corrected chi connectivity index (χ4v) is 11.5. The van der Waals surface area contributed by atoms with Gasteiger partial charge in [-0.3, -0.25) is 5.43 Å². The maximum Gasteiger partial charge on any atom is 0.114 e. The van der Waals surface area contributed by atoms with E-state index in [1.807, 2.05) is 0 Å². The topological polar surface area (TPSA) is 35.5 Å². The summed E-state index contributed by atoms with van der Waals surface area (Å²) in [4.78, 5) is 4.63. The molecule has 0 bridgehead atoms. The zero-order valence-corrected chi connectivity index (χ0v) is 39.3. The van der Waals surface area contributed by atoms with Crippen molar-refractivity contribution in [3.63, 3.8) is 0 Å². The number of fused-ring (bicyclic) bond motifs is 4. The normalized spacial score (nSPS) is 17.6. The molecule has 2 aliphatic rings. The van der Waals surface area contributed by atoms with Crippen LogP contribution in [0, 0.1) is 5.92 Å². The minimum atomic E-state index is 0.245. The molecule has 0 aliphatic carbocycles. The van der Waals surface area contributed by atoms with Crippen LogP contribution in [0.2, 0.25) is 0 Å². The van der Waals surface area contributed by atoms with Crippen LogP contribution < -0.4 is 20.7 Å². The van der Waals surface area contributed by atoms with E-state index in [1.54, 1.807) is 0 Å². The molecule has 12 rings (SSSR count). The molecular weight excluding hydrogens is 841 g/mol. The first kappa shape index (κ1) is 42.6. The van der Waals surface area contributed by atoms with Crippen LogP contribution in [0.4, 0.5) is 34.1 Å². The summed E-state index contributed by atoms with van der Waals surface area (Å²) in [5, 5.41) is 2.46. The Kier molecular flexibility index (Phi) is 11.1. The van der Waals surface area contributed by atoms with Crippen molar-refractivity contribution in [2.75, 3.05) is 37.0 Å².